The second kappa shape index (κ2) is 4.90. The van der Waals surface area contributed by atoms with Crippen molar-refractivity contribution in [3.05, 3.63) is 10.7 Å². The zero-order valence-electron chi connectivity index (χ0n) is 9.23. The molecule has 17 heavy (non-hydrogen) atoms. The highest BCUT2D eigenvalue weighted by molar-refractivity contribution is 7.10. The van der Waals surface area contributed by atoms with E-state index in [2.05, 4.69) is 9.69 Å². The molecule has 1 aromatic rings. The van der Waals surface area contributed by atoms with Crippen LogP contribution in [0.15, 0.2) is 0 Å². The monoisotopic (exact) mass is 270 g/mol. The average molecular weight is 271 g/mol. The van der Waals surface area contributed by atoms with Gasteiger partial charge in [-0.1, -0.05) is 11.6 Å². The first kappa shape index (κ1) is 12.1. The third-order valence-electron chi connectivity index (χ3n) is 2.41. The van der Waals surface area contributed by atoms with Gasteiger partial charge in [0.1, 0.15) is 16.6 Å². The van der Waals surface area contributed by atoms with E-state index in [1.807, 2.05) is 6.07 Å². The Morgan fingerprint density at radius 3 is 3.06 bits per heavy atom. The minimum Gasteiger partial charge on any atom is -0.355 e. The van der Waals surface area contributed by atoms with E-state index in [1.165, 1.54) is 0 Å². The van der Waals surface area contributed by atoms with Crippen LogP contribution in [0.1, 0.15) is 18.4 Å². The van der Waals surface area contributed by atoms with Crippen molar-refractivity contribution in [1.29, 1.82) is 5.26 Å². The molecule has 7 heteroatoms. The number of anilines is 1. The largest absolute Gasteiger partial charge is 0.355 e. The van der Waals surface area contributed by atoms with Gasteiger partial charge in [0.25, 0.3) is 0 Å². The van der Waals surface area contributed by atoms with Crippen LogP contribution in [0, 0.1) is 11.3 Å². The second-order valence-corrected chi connectivity index (χ2v) is 5.07. The van der Waals surface area contributed by atoms with Gasteiger partial charge in [-0.2, -0.15) is 9.64 Å². The van der Waals surface area contributed by atoms with Crippen molar-refractivity contribution in [2.24, 2.45) is 0 Å². The normalized spacial score (nSPS) is 14.2. The molecule has 0 aromatic carbocycles. The van der Waals surface area contributed by atoms with E-state index in [1.54, 1.807) is 11.9 Å². The summed E-state index contributed by atoms with van der Waals surface area (Å²) in [6.45, 7) is 0.212. The Balaban J connectivity index is 2.00. The fraction of sp³-hybridized carbons (Fsp3) is 0.500. The number of hydrogen-bond acceptors (Lipinski definition) is 5. The molecule has 0 saturated heterocycles. The van der Waals surface area contributed by atoms with Gasteiger partial charge in [0.15, 0.2) is 5.15 Å². The Morgan fingerprint density at radius 1 is 1.76 bits per heavy atom. The molecule has 0 atom stereocenters. The third-order valence-corrected chi connectivity index (χ3v) is 3.75. The van der Waals surface area contributed by atoms with Gasteiger partial charge in [0.2, 0.25) is 5.91 Å². The summed E-state index contributed by atoms with van der Waals surface area (Å²) in [5, 5.41) is 12.6. The van der Waals surface area contributed by atoms with Crippen LogP contribution >= 0.6 is 23.1 Å². The van der Waals surface area contributed by atoms with Crippen LogP contribution in [0.4, 0.5) is 5.00 Å². The number of halogens is 1. The van der Waals surface area contributed by atoms with Crippen molar-refractivity contribution in [1.82, 2.24) is 9.69 Å². The molecule has 1 heterocycles. The molecule has 0 bridgehead atoms. The Labute approximate surface area is 108 Å². The first-order valence-electron chi connectivity index (χ1n) is 5.17. The van der Waals surface area contributed by atoms with Crippen molar-refractivity contribution in [3.63, 3.8) is 0 Å². The van der Waals surface area contributed by atoms with Gasteiger partial charge in [-0.25, -0.2) is 0 Å². The number of aromatic nitrogens is 1. The van der Waals surface area contributed by atoms with Crippen LogP contribution in [0.2, 0.25) is 5.15 Å². The molecular formula is C10H11ClN4OS. The predicted octanol–water partition coefficient (Wildman–Crippen LogP) is 1.38. The summed E-state index contributed by atoms with van der Waals surface area (Å²) in [7, 11) is 1.75. The Kier molecular flexibility index (Phi) is 3.50. The minimum atomic E-state index is -0.0385. The number of nitrogens with zero attached hydrogens (tertiary/aromatic N) is 3. The van der Waals surface area contributed by atoms with Gasteiger partial charge < -0.3 is 10.2 Å². The van der Waals surface area contributed by atoms with Crippen molar-refractivity contribution in [3.8, 4) is 6.07 Å². The van der Waals surface area contributed by atoms with Gasteiger partial charge in [-0.3, -0.25) is 4.79 Å². The van der Waals surface area contributed by atoms with Gasteiger partial charge >= 0.3 is 0 Å². The summed E-state index contributed by atoms with van der Waals surface area (Å²) >= 11 is 6.90. The molecule has 2 rings (SSSR count). The summed E-state index contributed by atoms with van der Waals surface area (Å²) in [5.74, 6) is -0.0385. The predicted molar refractivity (Wildman–Crippen MR) is 66.3 cm³/mol. The van der Waals surface area contributed by atoms with Gasteiger partial charge in [0, 0.05) is 13.1 Å². The number of nitrogens with one attached hydrogen (secondary N) is 1. The second-order valence-electron chi connectivity index (χ2n) is 3.96. The number of carbonyl (C=O) groups excluding carboxylic acids is 1. The molecule has 0 radical (unpaired) electrons. The third kappa shape index (κ3) is 2.87. The Morgan fingerprint density at radius 2 is 2.47 bits per heavy atom. The molecule has 1 N–H and O–H groups in total. The van der Waals surface area contributed by atoms with E-state index in [9.17, 15) is 4.79 Å². The Bertz CT molecular complexity index is 477. The van der Waals surface area contributed by atoms with Gasteiger partial charge in [-0.05, 0) is 24.4 Å². The fourth-order valence-electron chi connectivity index (χ4n) is 1.41. The van der Waals surface area contributed by atoms with Crippen molar-refractivity contribution in [2.45, 2.75) is 18.9 Å². The van der Waals surface area contributed by atoms with Gasteiger partial charge in [0.05, 0.1) is 6.54 Å². The number of carbonyl (C=O) groups is 1. The molecule has 0 unspecified atom stereocenters. The van der Waals surface area contributed by atoms with Gasteiger partial charge in [-0.15, -0.1) is 0 Å². The number of amides is 1. The molecular weight excluding hydrogens is 260 g/mol. The SMILES string of the molecule is CN(CC(=O)NC1CC1)c1snc(Cl)c1C#N. The average Bonchev–Trinajstić information content (AvgIpc) is 2.99. The van der Waals surface area contributed by atoms with Crippen LogP contribution in [0.25, 0.3) is 0 Å². The fourth-order valence-corrected chi connectivity index (χ4v) is 2.39. The maximum absolute atomic E-state index is 11.6. The van der Waals surface area contributed by atoms with Crippen molar-refractivity contribution in [2.75, 3.05) is 18.5 Å². The zero-order valence-corrected chi connectivity index (χ0v) is 10.8. The smallest absolute Gasteiger partial charge is 0.239 e. The summed E-state index contributed by atoms with van der Waals surface area (Å²) in [6, 6.07) is 2.34. The highest BCUT2D eigenvalue weighted by atomic mass is 35.5. The summed E-state index contributed by atoms with van der Waals surface area (Å²) in [5.41, 5.74) is 0.332. The van der Waals surface area contributed by atoms with E-state index < -0.39 is 0 Å². The van der Waals surface area contributed by atoms with E-state index in [4.69, 9.17) is 16.9 Å². The van der Waals surface area contributed by atoms with Crippen molar-refractivity contribution < 1.29 is 4.79 Å². The van der Waals surface area contributed by atoms with Crippen molar-refractivity contribution >= 4 is 34.0 Å². The summed E-state index contributed by atoms with van der Waals surface area (Å²) < 4.78 is 3.90. The molecule has 1 aromatic heterocycles. The van der Waals surface area contributed by atoms with E-state index in [-0.39, 0.29) is 17.6 Å². The van der Waals surface area contributed by atoms with E-state index in [0.717, 1.165) is 24.4 Å². The van der Waals surface area contributed by atoms with Crippen LogP contribution in [0.5, 0.6) is 0 Å². The molecule has 0 aliphatic heterocycles. The van der Waals surface area contributed by atoms with E-state index >= 15 is 0 Å². The summed E-state index contributed by atoms with van der Waals surface area (Å²) in [6.07, 6.45) is 2.12. The molecule has 5 nitrogen and oxygen atoms in total. The molecule has 1 aliphatic carbocycles. The van der Waals surface area contributed by atoms with Crippen LogP contribution in [-0.2, 0) is 4.79 Å². The first-order valence-corrected chi connectivity index (χ1v) is 6.32. The number of likely N-dealkylation sites (N-methyl/N-ethyl adjacent to an activating group) is 1. The number of nitriles is 1. The lowest BCUT2D eigenvalue weighted by Gasteiger charge is -2.16. The number of hydrogen-bond donors (Lipinski definition) is 1. The lowest BCUT2D eigenvalue weighted by Crippen LogP contribution is -2.36. The number of rotatable bonds is 4. The topological polar surface area (TPSA) is 69.0 Å². The first-order chi connectivity index (χ1) is 8.11. The molecule has 0 spiro atoms. The van der Waals surface area contributed by atoms with E-state index in [0.29, 0.717) is 16.6 Å². The Hall–Kier alpha value is -1.32. The highest BCUT2D eigenvalue weighted by Crippen LogP contribution is 2.30. The maximum Gasteiger partial charge on any atom is 0.239 e. The molecule has 1 amide bonds. The van der Waals surface area contributed by atoms with Crippen LogP contribution in [-0.4, -0.2) is 29.9 Å². The lowest BCUT2D eigenvalue weighted by molar-refractivity contribution is -0.119. The lowest BCUT2D eigenvalue weighted by atomic mass is 10.3. The molecule has 1 aliphatic rings. The quantitative estimate of drug-likeness (QED) is 0.898. The maximum atomic E-state index is 11.6. The van der Waals surface area contributed by atoms with Crippen LogP contribution in [0.3, 0.4) is 0 Å². The highest BCUT2D eigenvalue weighted by Gasteiger charge is 2.24. The molecule has 1 fully saturated rings. The summed E-state index contributed by atoms with van der Waals surface area (Å²) in [4.78, 5) is 13.3. The molecule has 1 saturated carbocycles. The zero-order chi connectivity index (χ0) is 12.4. The minimum absolute atomic E-state index is 0.0385. The molecule has 90 valence electrons. The standard InChI is InChI=1S/C10H11ClN4OS/c1-15(5-8(16)13-6-2-3-6)10-7(4-12)9(11)14-17-10/h6H,2-3,5H2,1H3,(H,13,16). The van der Waals surface area contributed by atoms with Crippen LogP contribution < -0.4 is 10.2 Å².